The van der Waals surface area contributed by atoms with Crippen molar-refractivity contribution in [1.29, 1.82) is 0 Å². The smallest absolute Gasteiger partial charge is 0.257 e. The van der Waals surface area contributed by atoms with Crippen LogP contribution in [0.15, 0.2) is 53.0 Å². The largest absolute Gasteiger partial charge is 0.494 e. The average Bonchev–Trinajstić information content (AvgIpc) is 2.50. The molecule has 2 aromatic carbocycles. The van der Waals surface area contributed by atoms with Gasteiger partial charge in [-0.2, -0.15) is 0 Å². The lowest BCUT2D eigenvalue weighted by Crippen LogP contribution is -2.34. The highest BCUT2D eigenvalue weighted by atomic mass is 79.9. The Kier molecular flexibility index (Phi) is 5.91. The van der Waals surface area contributed by atoms with Crippen LogP contribution in [0.4, 0.5) is 5.69 Å². The maximum absolute atomic E-state index is 12.2. The third-order valence-corrected chi connectivity index (χ3v) is 3.47. The summed E-state index contributed by atoms with van der Waals surface area (Å²) in [7, 11) is 0. The molecule has 114 valence electrons. The SMILES string of the molecule is CCOc1cccc(C(=O)NC(=S)Nc2ccc(Br)cc2)c1. The van der Waals surface area contributed by atoms with Gasteiger partial charge in [-0.1, -0.05) is 22.0 Å². The summed E-state index contributed by atoms with van der Waals surface area (Å²) >= 11 is 8.50. The van der Waals surface area contributed by atoms with E-state index in [1.54, 1.807) is 24.3 Å². The molecule has 1 amide bonds. The predicted molar refractivity (Wildman–Crippen MR) is 95.4 cm³/mol. The number of rotatable bonds is 4. The first-order valence-electron chi connectivity index (χ1n) is 6.69. The monoisotopic (exact) mass is 378 g/mol. The molecule has 0 unspecified atom stereocenters. The lowest BCUT2D eigenvalue weighted by Gasteiger charge is -2.10. The number of nitrogens with one attached hydrogen (secondary N) is 2. The van der Waals surface area contributed by atoms with Gasteiger partial charge in [0.25, 0.3) is 5.91 Å². The first kappa shape index (κ1) is 16.5. The molecule has 2 aromatic rings. The van der Waals surface area contributed by atoms with Crippen molar-refractivity contribution in [3.63, 3.8) is 0 Å². The first-order valence-corrected chi connectivity index (χ1v) is 7.89. The molecule has 0 saturated heterocycles. The van der Waals surface area contributed by atoms with E-state index in [1.807, 2.05) is 31.2 Å². The van der Waals surface area contributed by atoms with Crippen molar-refractivity contribution in [3.8, 4) is 5.75 Å². The normalized spacial score (nSPS) is 9.91. The van der Waals surface area contributed by atoms with E-state index in [9.17, 15) is 4.79 Å². The van der Waals surface area contributed by atoms with Gasteiger partial charge in [-0.3, -0.25) is 10.1 Å². The molecule has 0 fully saturated rings. The Labute approximate surface area is 143 Å². The quantitative estimate of drug-likeness (QED) is 0.790. The molecule has 0 spiro atoms. The fourth-order valence-corrected chi connectivity index (χ4v) is 2.24. The van der Waals surface area contributed by atoms with E-state index in [1.165, 1.54) is 0 Å². The summed E-state index contributed by atoms with van der Waals surface area (Å²) in [5.74, 6) is 0.373. The van der Waals surface area contributed by atoms with Crippen LogP contribution in [-0.2, 0) is 0 Å². The molecule has 2 rings (SSSR count). The molecule has 2 N–H and O–H groups in total. The summed E-state index contributed by atoms with van der Waals surface area (Å²) in [5, 5.41) is 5.84. The maximum atomic E-state index is 12.2. The lowest BCUT2D eigenvalue weighted by atomic mass is 10.2. The third kappa shape index (κ3) is 4.82. The van der Waals surface area contributed by atoms with Gasteiger partial charge < -0.3 is 10.1 Å². The van der Waals surface area contributed by atoms with Crippen molar-refractivity contribution in [1.82, 2.24) is 5.32 Å². The van der Waals surface area contributed by atoms with Crippen LogP contribution in [0.5, 0.6) is 5.75 Å². The summed E-state index contributed by atoms with van der Waals surface area (Å²) in [4.78, 5) is 12.2. The topological polar surface area (TPSA) is 50.4 Å². The van der Waals surface area contributed by atoms with Crippen molar-refractivity contribution in [2.75, 3.05) is 11.9 Å². The molecular formula is C16H15BrN2O2S. The van der Waals surface area contributed by atoms with Gasteiger partial charge in [0.1, 0.15) is 5.75 Å². The van der Waals surface area contributed by atoms with Crippen LogP contribution in [-0.4, -0.2) is 17.6 Å². The second-order valence-corrected chi connectivity index (χ2v) is 5.70. The van der Waals surface area contributed by atoms with Crippen molar-refractivity contribution < 1.29 is 9.53 Å². The molecule has 0 saturated carbocycles. The van der Waals surface area contributed by atoms with Crippen molar-refractivity contribution in [2.45, 2.75) is 6.92 Å². The van der Waals surface area contributed by atoms with E-state index in [0.29, 0.717) is 17.9 Å². The number of amides is 1. The summed E-state index contributed by atoms with van der Waals surface area (Å²) in [6.45, 7) is 2.44. The molecule has 0 aliphatic heterocycles. The Balaban J connectivity index is 1.97. The van der Waals surface area contributed by atoms with Crippen LogP contribution in [0.25, 0.3) is 0 Å². The van der Waals surface area contributed by atoms with Crippen molar-refractivity contribution in [2.24, 2.45) is 0 Å². The number of carbonyl (C=O) groups is 1. The number of hydrogen-bond acceptors (Lipinski definition) is 3. The molecular weight excluding hydrogens is 364 g/mol. The fourth-order valence-electron chi connectivity index (χ4n) is 1.76. The minimum absolute atomic E-state index is 0.245. The second-order valence-electron chi connectivity index (χ2n) is 4.38. The zero-order chi connectivity index (χ0) is 15.9. The molecule has 0 aliphatic carbocycles. The highest BCUT2D eigenvalue weighted by Gasteiger charge is 2.09. The van der Waals surface area contributed by atoms with Gasteiger partial charge in [-0.25, -0.2) is 0 Å². The first-order chi connectivity index (χ1) is 10.6. The Morgan fingerprint density at radius 1 is 1.23 bits per heavy atom. The van der Waals surface area contributed by atoms with E-state index >= 15 is 0 Å². The number of hydrogen-bond donors (Lipinski definition) is 2. The lowest BCUT2D eigenvalue weighted by molar-refractivity contribution is 0.0977. The molecule has 0 aromatic heterocycles. The molecule has 0 heterocycles. The molecule has 6 heteroatoms. The number of ether oxygens (including phenoxy) is 1. The van der Waals surface area contributed by atoms with Gasteiger partial charge in [0.15, 0.2) is 5.11 Å². The maximum Gasteiger partial charge on any atom is 0.257 e. The molecule has 0 radical (unpaired) electrons. The van der Waals surface area contributed by atoms with Crippen molar-refractivity contribution >= 4 is 44.9 Å². The van der Waals surface area contributed by atoms with Crippen LogP contribution in [0, 0.1) is 0 Å². The Hall–Kier alpha value is -1.92. The van der Waals surface area contributed by atoms with Crippen LogP contribution >= 0.6 is 28.1 Å². The standard InChI is InChI=1S/C16H15BrN2O2S/c1-2-21-14-5-3-4-11(10-14)15(20)19-16(22)18-13-8-6-12(17)7-9-13/h3-10H,2H2,1H3,(H2,18,19,20,22). The second kappa shape index (κ2) is 7.91. The zero-order valence-electron chi connectivity index (χ0n) is 11.9. The molecule has 22 heavy (non-hydrogen) atoms. The van der Waals surface area contributed by atoms with E-state index in [2.05, 4.69) is 26.6 Å². The Morgan fingerprint density at radius 2 is 1.95 bits per heavy atom. The molecule has 0 bridgehead atoms. The van der Waals surface area contributed by atoms with Gasteiger partial charge in [0, 0.05) is 15.7 Å². The molecule has 4 nitrogen and oxygen atoms in total. The van der Waals surface area contributed by atoms with E-state index in [0.717, 1.165) is 10.2 Å². The van der Waals surface area contributed by atoms with Crippen molar-refractivity contribution in [3.05, 3.63) is 58.6 Å². The van der Waals surface area contributed by atoms with Crippen LogP contribution < -0.4 is 15.4 Å². The number of thiocarbonyl (C=S) groups is 1. The Bertz CT molecular complexity index is 674. The summed E-state index contributed by atoms with van der Waals surface area (Å²) in [6.07, 6.45) is 0. The van der Waals surface area contributed by atoms with E-state index in [-0.39, 0.29) is 11.0 Å². The third-order valence-electron chi connectivity index (χ3n) is 2.74. The summed E-state index contributed by atoms with van der Waals surface area (Å²) in [6, 6.07) is 14.5. The van der Waals surface area contributed by atoms with Gasteiger partial charge in [0.05, 0.1) is 6.61 Å². The molecule has 0 aliphatic rings. The van der Waals surface area contributed by atoms with Crippen LogP contribution in [0.1, 0.15) is 17.3 Å². The highest BCUT2D eigenvalue weighted by Crippen LogP contribution is 2.15. The molecule has 0 atom stereocenters. The Morgan fingerprint density at radius 3 is 2.64 bits per heavy atom. The number of halogens is 1. The highest BCUT2D eigenvalue weighted by molar-refractivity contribution is 9.10. The zero-order valence-corrected chi connectivity index (χ0v) is 14.3. The van der Waals surface area contributed by atoms with Gasteiger partial charge in [-0.15, -0.1) is 0 Å². The van der Waals surface area contributed by atoms with Crippen LogP contribution in [0.2, 0.25) is 0 Å². The van der Waals surface area contributed by atoms with Gasteiger partial charge >= 0.3 is 0 Å². The van der Waals surface area contributed by atoms with Crippen LogP contribution in [0.3, 0.4) is 0 Å². The minimum Gasteiger partial charge on any atom is -0.494 e. The predicted octanol–water partition coefficient (Wildman–Crippen LogP) is 3.97. The minimum atomic E-state index is -0.281. The van der Waals surface area contributed by atoms with Gasteiger partial charge in [0.2, 0.25) is 0 Å². The number of anilines is 1. The number of benzene rings is 2. The summed E-state index contributed by atoms with van der Waals surface area (Å²) in [5.41, 5.74) is 1.29. The summed E-state index contributed by atoms with van der Waals surface area (Å²) < 4.78 is 6.35. The average molecular weight is 379 g/mol. The number of carbonyl (C=O) groups excluding carboxylic acids is 1. The van der Waals surface area contributed by atoms with Gasteiger partial charge in [-0.05, 0) is 61.6 Å². The fraction of sp³-hybridized carbons (Fsp3) is 0.125. The van der Waals surface area contributed by atoms with E-state index in [4.69, 9.17) is 17.0 Å². The van der Waals surface area contributed by atoms with E-state index < -0.39 is 0 Å².